The molecule has 1 N–H and O–H groups in total. The first-order valence-corrected chi connectivity index (χ1v) is 8.30. The average Bonchev–Trinajstić information content (AvgIpc) is 2.93. The Morgan fingerprint density at radius 1 is 1.20 bits per heavy atom. The molecular weight excluding hydrogens is 355 g/mol. The van der Waals surface area contributed by atoms with Gasteiger partial charge in [-0.1, -0.05) is 0 Å². The van der Waals surface area contributed by atoms with E-state index >= 15 is 0 Å². The lowest BCUT2D eigenvalue weighted by molar-refractivity contribution is -0.139. The Morgan fingerprint density at radius 2 is 1.88 bits per heavy atom. The second kappa shape index (κ2) is 7.30. The van der Waals surface area contributed by atoms with Crippen LogP contribution in [0.15, 0.2) is 24.3 Å². The molecule has 0 fully saturated rings. The maximum Gasteiger partial charge on any atom is 0.406 e. The molecule has 5 nitrogen and oxygen atoms in total. The van der Waals surface area contributed by atoms with Crippen LogP contribution in [0.25, 0.3) is 10.1 Å². The molecule has 9 heteroatoms. The van der Waals surface area contributed by atoms with E-state index in [1.807, 2.05) is 0 Å². The zero-order valence-electron chi connectivity index (χ0n) is 14.0. The number of nitrogens with one attached hydrogen (secondary N) is 1. The standard InChI is InChI=1S/C16H18F3N3O2S/c1-4-22(9-16(17,18)19)15(24)20-11-5-6-12-10(7-11)8-13(25-12)14(23)21(2)3/h5-8H,4,9H2,1-3H3,(H,20,24). The normalized spacial score (nSPS) is 11.4. The quantitative estimate of drug-likeness (QED) is 0.880. The van der Waals surface area contributed by atoms with E-state index in [2.05, 4.69) is 5.32 Å². The number of nitrogens with zero attached hydrogens (tertiary/aromatic N) is 2. The van der Waals surface area contributed by atoms with Gasteiger partial charge in [-0.3, -0.25) is 4.79 Å². The Kier molecular flexibility index (Phi) is 5.56. The molecule has 0 radical (unpaired) electrons. The van der Waals surface area contributed by atoms with Crippen molar-refractivity contribution in [3.05, 3.63) is 29.1 Å². The van der Waals surface area contributed by atoms with Crippen LogP contribution in [-0.2, 0) is 0 Å². The first-order chi connectivity index (χ1) is 11.6. The minimum absolute atomic E-state index is 0.0620. The fourth-order valence-corrected chi connectivity index (χ4v) is 3.26. The lowest BCUT2D eigenvalue weighted by atomic mass is 10.2. The van der Waals surface area contributed by atoms with Crippen LogP contribution < -0.4 is 5.32 Å². The summed E-state index contributed by atoms with van der Waals surface area (Å²) in [5, 5.41) is 3.21. The molecule has 25 heavy (non-hydrogen) atoms. The van der Waals surface area contributed by atoms with Crippen LogP contribution in [0.2, 0.25) is 0 Å². The van der Waals surface area contributed by atoms with E-state index in [9.17, 15) is 22.8 Å². The van der Waals surface area contributed by atoms with Crippen molar-refractivity contribution in [2.24, 2.45) is 0 Å². The SMILES string of the molecule is CCN(CC(F)(F)F)C(=O)Nc1ccc2sc(C(=O)N(C)C)cc2c1. The molecule has 0 saturated heterocycles. The molecule has 136 valence electrons. The highest BCUT2D eigenvalue weighted by Crippen LogP contribution is 2.29. The van der Waals surface area contributed by atoms with Crippen LogP contribution in [0.3, 0.4) is 0 Å². The lowest BCUT2D eigenvalue weighted by Crippen LogP contribution is -2.41. The van der Waals surface area contributed by atoms with Gasteiger partial charge >= 0.3 is 12.2 Å². The number of halogens is 3. The molecule has 0 bridgehead atoms. The zero-order chi connectivity index (χ0) is 18.8. The molecule has 0 aliphatic heterocycles. The Labute approximate surface area is 147 Å². The van der Waals surface area contributed by atoms with E-state index in [-0.39, 0.29) is 12.5 Å². The number of carbonyl (C=O) groups excluding carboxylic acids is 2. The van der Waals surface area contributed by atoms with E-state index in [0.29, 0.717) is 15.5 Å². The summed E-state index contributed by atoms with van der Waals surface area (Å²) in [6.45, 7) is 0.109. The molecule has 3 amide bonds. The van der Waals surface area contributed by atoms with Gasteiger partial charge in [0.05, 0.1) is 4.88 Å². The topological polar surface area (TPSA) is 52.7 Å². The van der Waals surface area contributed by atoms with E-state index < -0.39 is 18.8 Å². The monoisotopic (exact) mass is 373 g/mol. The molecule has 0 saturated carbocycles. The van der Waals surface area contributed by atoms with Gasteiger partial charge < -0.3 is 15.1 Å². The summed E-state index contributed by atoms with van der Waals surface area (Å²) in [6, 6.07) is 5.84. The maximum atomic E-state index is 12.5. The third-order valence-electron chi connectivity index (χ3n) is 3.42. The van der Waals surface area contributed by atoms with Crippen LogP contribution in [-0.4, -0.2) is 55.1 Å². The number of alkyl halides is 3. The van der Waals surface area contributed by atoms with Crippen molar-refractivity contribution >= 4 is 39.0 Å². The lowest BCUT2D eigenvalue weighted by Gasteiger charge is -2.22. The fraction of sp³-hybridized carbons (Fsp3) is 0.375. The predicted octanol–water partition coefficient (Wildman–Crippen LogP) is 4.02. The molecule has 0 unspecified atom stereocenters. The van der Waals surface area contributed by atoms with Gasteiger partial charge in [-0.05, 0) is 36.6 Å². The molecule has 0 atom stereocenters. The number of carbonyl (C=O) groups is 2. The van der Waals surface area contributed by atoms with Crippen molar-refractivity contribution < 1.29 is 22.8 Å². The number of amides is 3. The number of rotatable bonds is 4. The van der Waals surface area contributed by atoms with Crippen LogP contribution >= 0.6 is 11.3 Å². The van der Waals surface area contributed by atoms with Crippen molar-refractivity contribution in [2.75, 3.05) is 32.5 Å². The summed E-state index contributed by atoms with van der Waals surface area (Å²) in [4.78, 5) is 26.7. The highest BCUT2D eigenvalue weighted by molar-refractivity contribution is 7.20. The van der Waals surface area contributed by atoms with Crippen LogP contribution in [0.5, 0.6) is 0 Å². The first-order valence-electron chi connectivity index (χ1n) is 7.48. The van der Waals surface area contributed by atoms with Gasteiger partial charge in [-0.25, -0.2) is 4.79 Å². The van der Waals surface area contributed by atoms with Crippen LogP contribution in [0.4, 0.5) is 23.7 Å². The van der Waals surface area contributed by atoms with Crippen molar-refractivity contribution in [3.63, 3.8) is 0 Å². The average molecular weight is 373 g/mol. The number of fused-ring (bicyclic) bond motifs is 1. The zero-order valence-corrected chi connectivity index (χ0v) is 14.8. The van der Waals surface area contributed by atoms with Gasteiger partial charge in [0.25, 0.3) is 5.91 Å². The summed E-state index contributed by atoms with van der Waals surface area (Å²) in [6.07, 6.45) is -4.45. The van der Waals surface area contributed by atoms with E-state index in [1.54, 1.807) is 38.4 Å². The van der Waals surface area contributed by atoms with Gasteiger partial charge in [-0.2, -0.15) is 13.2 Å². The summed E-state index contributed by atoms with van der Waals surface area (Å²) >= 11 is 1.32. The van der Waals surface area contributed by atoms with E-state index in [1.165, 1.54) is 23.2 Å². The Balaban J connectivity index is 2.18. The molecule has 1 aromatic carbocycles. The molecule has 0 aliphatic carbocycles. The minimum Gasteiger partial charge on any atom is -0.344 e. The molecule has 0 spiro atoms. The van der Waals surface area contributed by atoms with Crippen molar-refractivity contribution in [1.82, 2.24) is 9.80 Å². The number of thiophene rings is 1. The Bertz CT molecular complexity index is 787. The van der Waals surface area contributed by atoms with Crippen molar-refractivity contribution in [1.29, 1.82) is 0 Å². The Hall–Kier alpha value is -2.29. The number of benzene rings is 1. The maximum absolute atomic E-state index is 12.5. The van der Waals surface area contributed by atoms with E-state index in [4.69, 9.17) is 0 Å². The van der Waals surface area contributed by atoms with Crippen molar-refractivity contribution in [3.8, 4) is 0 Å². The number of urea groups is 1. The summed E-state index contributed by atoms with van der Waals surface area (Å²) < 4.78 is 38.3. The smallest absolute Gasteiger partial charge is 0.344 e. The van der Waals surface area contributed by atoms with Crippen LogP contribution in [0.1, 0.15) is 16.6 Å². The third kappa shape index (κ3) is 4.85. The summed E-state index contributed by atoms with van der Waals surface area (Å²) in [5.74, 6) is -0.130. The van der Waals surface area contributed by atoms with Crippen LogP contribution in [0, 0.1) is 0 Å². The fourth-order valence-electron chi connectivity index (χ4n) is 2.19. The molecule has 0 aliphatic rings. The second-order valence-corrected chi connectivity index (χ2v) is 6.71. The highest BCUT2D eigenvalue weighted by atomic mass is 32.1. The van der Waals surface area contributed by atoms with Gasteiger partial charge in [0.1, 0.15) is 6.54 Å². The van der Waals surface area contributed by atoms with E-state index in [0.717, 1.165) is 10.1 Å². The second-order valence-electron chi connectivity index (χ2n) is 5.62. The number of hydrogen-bond acceptors (Lipinski definition) is 3. The Morgan fingerprint density at radius 3 is 2.44 bits per heavy atom. The number of anilines is 1. The molecule has 1 heterocycles. The predicted molar refractivity (Wildman–Crippen MR) is 92.2 cm³/mol. The summed E-state index contributed by atoms with van der Waals surface area (Å²) in [5.41, 5.74) is 0.375. The largest absolute Gasteiger partial charge is 0.406 e. The van der Waals surface area contributed by atoms with Gasteiger partial charge in [0, 0.05) is 31.0 Å². The van der Waals surface area contributed by atoms with Gasteiger partial charge in [0.15, 0.2) is 0 Å². The molecule has 1 aromatic heterocycles. The molecular formula is C16H18F3N3O2S. The molecule has 2 rings (SSSR count). The summed E-state index contributed by atoms with van der Waals surface area (Å²) in [7, 11) is 3.30. The van der Waals surface area contributed by atoms with Gasteiger partial charge in [0.2, 0.25) is 0 Å². The van der Waals surface area contributed by atoms with Gasteiger partial charge in [-0.15, -0.1) is 11.3 Å². The third-order valence-corrected chi connectivity index (χ3v) is 4.53. The molecule has 2 aromatic rings. The highest BCUT2D eigenvalue weighted by Gasteiger charge is 2.32. The minimum atomic E-state index is -4.45. The first kappa shape index (κ1) is 19.0. The van der Waals surface area contributed by atoms with Crippen molar-refractivity contribution in [2.45, 2.75) is 13.1 Å². The number of hydrogen-bond donors (Lipinski definition) is 1.